The molecule has 2 N–H and O–H groups in total. The quantitative estimate of drug-likeness (QED) is 0.424. The second kappa shape index (κ2) is 9.25. The molecule has 1 aliphatic rings. The van der Waals surface area contributed by atoms with Crippen molar-refractivity contribution in [1.29, 1.82) is 0 Å². The molecule has 1 aliphatic heterocycles. The number of pyridine rings is 1. The van der Waals surface area contributed by atoms with Gasteiger partial charge in [-0.2, -0.15) is 0 Å². The Morgan fingerprint density at radius 3 is 2.36 bits per heavy atom. The first kappa shape index (κ1) is 25.7. The normalized spacial score (nSPS) is 17.1. The van der Waals surface area contributed by atoms with Crippen LogP contribution in [-0.2, 0) is 7.05 Å². The lowest BCUT2D eigenvalue weighted by atomic mass is 9.79. The Labute approximate surface area is 216 Å². The van der Waals surface area contributed by atoms with Crippen LogP contribution in [0, 0.1) is 0 Å². The largest absolute Gasteiger partial charge is 0.507 e. The van der Waals surface area contributed by atoms with Crippen LogP contribution in [0.5, 0.6) is 5.75 Å². The first-order valence-electron chi connectivity index (χ1n) is 11.7. The molecule has 0 aliphatic carbocycles. The number of hydrogen-bond acceptors (Lipinski definition) is 9. The molecule has 3 aromatic heterocycles. The lowest BCUT2D eigenvalue weighted by molar-refractivity contribution is 0.160. The number of aromatic hydroxyl groups is 1. The minimum atomic E-state index is 0. The van der Waals surface area contributed by atoms with E-state index < -0.39 is 0 Å². The van der Waals surface area contributed by atoms with Gasteiger partial charge in [0.25, 0.3) is 0 Å². The molecule has 10 nitrogen and oxygen atoms in total. The highest BCUT2D eigenvalue weighted by Gasteiger charge is 2.39. The van der Waals surface area contributed by atoms with Gasteiger partial charge in [0.2, 0.25) is 11.6 Å². The second-order valence-electron chi connectivity index (χ2n) is 10.7. The summed E-state index contributed by atoms with van der Waals surface area (Å²) in [4.78, 5) is 11.2. The van der Waals surface area contributed by atoms with Crippen LogP contribution in [0.4, 0.5) is 5.95 Å². The van der Waals surface area contributed by atoms with E-state index in [1.54, 1.807) is 23.0 Å². The van der Waals surface area contributed by atoms with Crippen molar-refractivity contribution in [3.63, 3.8) is 0 Å². The third-order valence-electron chi connectivity index (χ3n) is 6.63. The molecule has 0 unspecified atom stereocenters. The fraction of sp³-hybridized carbons (Fsp3) is 0.440. The average molecular weight is 510 g/mol. The summed E-state index contributed by atoms with van der Waals surface area (Å²) < 4.78 is 1.67. The third-order valence-corrected chi connectivity index (χ3v) is 6.63. The SMILES string of the molecule is CN(c1ncc(-c2ccc(-c3ccc4c(nnn4C)n3)cc2O)nn1)C1CC(C)(C)NC(C)(C)C1.Cl. The predicted molar refractivity (Wildman–Crippen MR) is 142 cm³/mol. The number of aromatic nitrogens is 7. The molecule has 0 bridgehead atoms. The summed E-state index contributed by atoms with van der Waals surface area (Å²) in [6.45, 7) is 8.91. The fourth-order valence-electron chi connectivity index (χ4n) is 5.25. The standard InChI is InChI=1S/C25H31N9O.ClH/c1-24(2)12-16(13-25(3,4)31-24)33(5)23-26-14-19(28-30-23)17-8-7-15(11-21(17)35)18-9-10-20-22(27-18)29-32-34(20)6;/h7-11,14,16,31,35H,12-13H2,1-6H3;1H. The van der Waals surface area contributed by atoms with Gasteiger partial charge in [0, 0.05) is 42.3 Å². The van der Waals surface area contributed by atoms with E-state index in [0.29, 0.717) is 34.6 Å². The van der Waals surface area contributed by atoms with Crippen LogP contribution < -0.4 is 10.2 Å². The van der Waals surface area contributed by atoms with E-state index in [9.17, 15) is 5.11 Å². The number of nitrogens with one attached hydrogen (secondary N) is 1. The lowest BCUT2D eigenvalue weighted by Crippen LogP contribution is -2.62. The minimum absolute atomic E-state index is 0. The number of phenolic OH excluding ortho intramolecular Hbond substituents is 1. The van der Waals surface area contributed by atoms with Gasteiger partial charge in [-0.3, -0.25) is 0 Å². The Balaban J connectivity index is 0.00000304. The molecule has 36 heavy (non-hydrogen) atoms. The number of anilines is 1. The van der Waals surface area contributed by atoms with Crippen LogP contribution in [0.1, 0.15) is 40.5 Å². The summed E-state index contributed by atoms with van der Waals surface area (Å²) >= 11 is 0. The van der Waals surface area contributed by atoms with E-state index in [1.165, 1.54) is 0 Å². The Hall–Kier alpha value is -3.37. The Morgan fingerprint density at radius 2 is 1.72 bits per heavy atom. The highest BCUT2D eigenvalue weighted by atomic mass is 35.5. The summed E-state index contributed by atoms with van der Waals surface area (Å²) in [6, 6.07) is 9.45. The highest BCUT2D eigenvalue weighted by Crippen LogP contribution is 2.34. The molecule has 11 heteroatoms. The first-order valence-corrected chi connectivity index (χ1v) is 11.7. The molecule has 0 atom stereocenters. The van der Waals surface area contributed by atoms with E-state index >= 15 is 0 Å². The predicted octanol–water partition coefficient (Wildman–Crippen LogP) is 3.76. The number of phenols is 1. The lowest BCUT2D eigenvalue weighted by Gasteiger charge is -2.48. The number of aryl methyl sites for hydroxylation is 1. The van der Waals surface area contributed by atoms with Crippen LogP contribution in [0.3, 0.4) is 0 Å². The Kier molecular flexibility index (Phi) is 6.61. The van der Waals surface area contributed by atoms with Crippen molar-refractivity contribution in [3.8, 4) is 28.3 Å². The van der Waals surface area contributed by atoms with Crippen molar-refractivity contribution >= 4 is 29.5 Å². The van der Waals surface area contributed by atoms with Crippen LogP contribution in [0.2, 0.25) is 0 Å². The molecule has 190 valence electrons. The van der Waals surface area contributed by atoms with E-state index in [0.717, 1.165) is 23.9 Å². The van der Waals surface area contributed by atoms with Gasteiger partial charge in [-0.05, 0) is 64.8 Å². The second-order valence-corrected chi connectivity index (χ2v) is 10.7. The van der Waals surface area contributed by atoms with Gasteiger partial charge in [-0.1, -0.05) is 11.3 Å². The zero-order valence-corrected chi connectivity index (χ0v) is 22.2. The van der Waals surface area contributed by atoms with Crippen molar-refractivity contribution in [2.24, 2.45) is 7.05 Å². The molecule has 4 heterocycles. The summed E-state index contributed by atoms with van der Waals surface area (Å²) in [5.41, 5.74) is 3.99. The first-order chi connectivity index (χ1) is 16.5. The summed E-state index contributed by atoms with van der Waals surface area (Å²) in [6.07, 6.45) is 3.62. The molecule has 0 amide bonds. The Bertz CT molecular complexity index is 1370. The number of rotatable bonds is 4. The maximum atomic E-state index is 10.7. The van der Waals surface area contributed by atoms with E-state index in [-0.39, 0.29) is 29.2 Å². The average Bonchev–Trinajstić information content (AvgIpc) is 3.17. The number of benzene rings is 1. The Morgan fingerprint density at radius 1 is 1.00 bits per heavy atom. The van der Waals surface area contributed by atoms with Crippen LogP contribution >= 0.6 is 12.4 Å². The van der Waals surface area contributed by atoms with Gasteiger partial charge in [-0.25, -0.2) is 14.6 Å². The molecule has 5 rings (SSSR count). The van der Waals surface area contributed by atoms with Crippen molar-refractivity contribution in [2.45, 2.75) is 57.7 Å². The van der Waals surface area contributed by atoms with Crippen LogP contribution in [0.15, 0.2) is 36.5 Å². The molecule has 4 aromatic rings. The number of nitrogens with zero attached hydrogens (tertiary/aromatic N) is 8. The number of halogens is 1. The van der Waals surface area contributed by atoms with Crippen molar-refractivity contribution < 1.29 is 5.11 Å². The zero-order chi connectivity index (χ0) is 25.0. The van der Waals surface area contributed by atoms with Gasteiger partial charge in [0.1, 0.15) is 17.0 Å². The van der Waals surface area contributed by atoms with Crippen LogP contribution in [0.25, 0.3) is 33.7 Å². The van der Waals surface area contributed by atoms with E-state index in [1.807, 2.05) is 32.3 Å². The molecule has 0 saturated carbocycles. The third kappa shape index (κ3) is 4.96. The summed E-state index contributed by atoms with van der Waals surface area (Å²) in [5, 5.41) is 31.3. The number of fused-ring (bicyclic) bond motifs is 1. The minimum Gasteiger partial charge on any atom is -0.507 e. The fourth-order valence-corrected chi connectivity index (χ4v) is 5.25. The molecular weight excluding hydrogens is 478 g/mol. The van der Waals surface area contributed by atoms with Crippen molar-refractivity contribution in [1.82, 2.24) is 40.5 Å². The van der Waals surface area contributed by atoms with Gasteiger partial charge >= 0.3 is 0 Å². The molecule has 1 aromatic carbocycles. The van der Waals surface area contributed by atoms with Crippen LogP contribution in [-0.4, -0.2) is 64.4 Å². The molecule has 1 saturated heterocycles. The van der Waals surface area contributed by atoms with E-state index in [4.69, 9.17) is 0 Å². The molecule has 0 radical (unpaired) electrons. The zero-order valence-electron chi connectivity index (χ0n) is 21.4. The van der Waals surface area contributed by atoms with E-state index in [2.05, 4.69) is 68.4 Å². The monoisotopic (exact) mass is 509 g/mol. The summed E-state index contributed by atoms with van der Waals surface area (Å²) in [7, 11) is 3.84. The maximum Gasteiger partial charge on any atom is 0.245 e. The molecule has 1 fully saturated rings. The summed E-state index contributed by atoms with van der Waals surface area (Å²) in [5.74, 6) is 0.660. The van der Waals surface area contributed by atoms with Crippen molar-refractivity contribution in [2.75, 3.05) is 11.9 Å². The van der Waals surface area contributed by atoms with Gasteiger partial charge in [0.15, 0.2) is 0 Å². The smallest absolute Gasteiger partial charge is 0.245 e. The van der Waals surface area contributed by atoms with Gasteiger partial charge < -0.3 is 15.3 Å². The molecule has 0 spiro atoms. The molecular formula is C25H32ClN9O. The van der Waals surface area contributed by atoms with Gasteiger partial charge in [0.05, 0.1) is 11.9 Å². The number of hydrogen-bond donors (Lipinski definition) is 2. The van der Waals surface area contributed by atoms with Crippen molar-refractivity contribution in [3.05, 3.63) is 36.5 Å². The maximum absolute atomic E-state index is 10.7. The highest BCUT2D eigenvalue weighted by molar-refractivity contribution is 5.85. The van der Waals surface area contributed by atoms with Gasteiger partial charge in [-0.15, -0.1) is 27.7 Å². The topological polar surface area (TPSA) is 118 Å². The number of piperidine rings is 1.